The first-order valence-corrected chi connectivity index (χ1v) is 12.0. The van der Waals surface area contributed by atoms with E-state index in [9.17, 15) is 4.79 Å². The van der Waals surface area contributed by atoms with Crippen LogP contribution in [0.1, 0.15) is 42.6 Å². The van der Waals surface area contributed by atoms with E-state index in [0.717, 1.165) is 33.9 Å². The molecular weight excluding hydrogens is 424 g/mol. The van der Waals surface area contributed by atoms with E-state index in [2.05, 4.69) is 16.7 Å². The molecule has 1 fully saturated rings. The molecule has 1 aliphatic rings. The van der Waals surface area contributed by atoms with Crippen LogP contribution in [0.4, 0.5) is 0 Å². The molecule has 1 unspecified atom stereocenters. The van der Waals surface area contributed by atoms with Gasteiger partial charge in [0.2, 0.25) is 5.89 Å². The van der Waals surface area contributed by atoms with Gasteiger partial charge in [-0.1, -0.05) is 29.1 Å². The quantitative estimate of drug-likeness (QED) is 0.214. The lowest BCUT2D eigenvalue weighted by Gasteiger charge is -2.12. The van der Waals surface area contributed by atoms with Gasteiger partial charge >= 0.3 is 0 Å². The van der Waals surface area contributed by atoms with Gasteiger partial charge in [0, 0.05) is 28.3 Å². The van der Waals surface area contributed by atoms with E-state index in [1.165, 1.54) is 23.1 Å². The minimum absolute atomic E-state index is 0.0431. The summed E-state index contributed by atoms with van der Waals surface area (Å²) in [5.41, 5.74) is 0.907. The number of nitrogens with zero attached hydrogens (tertiary/aromatic N) is 4. The zero-order valence-corrected chi connectivity index (χ0v) is 18.1. The zero-order valence-electron chi connectivity index (χ0n) is 15.7. The molecule has 1 aliphatic carbocycles. The van der Waals surface area contributed by atoms with Gasteiger partial charge in [0.05, 0.1) is 10.6 Å². The van der Waals surface area contributed by atoms with Crippen LogP contribution in [-0.4, -0.2) is 19.7 Å². The Hall–Kier alpha value is -2.23. The van der Waals surface area contributed by atoms with Crippen molar-refractivity contribution in [1.82, 2.24) is 19.7 Å². The number of thioether (sulfide) groups is 1. The maximum absolute atomic E-state index is 13.4. The normalized spacial score (nSPS) is 15.1. The molecule has 0 aliphatic heterocycles. The third-order valence-corrected chi connectivity index (χ3v) is 7.64. The highest BCUT2D eigenvalue weighted by atomic mass is 32.2. The predicted molar refractivity (Wildman–Crippen MR) is 118 cm³/mol. The van der Waals surface area contributed by atoms with Crippen molar-refractivity contribution in [3.63, 3.8) is 0 Å². The number of hydrogen-bond acceptors (Lipinski definition) is 8. The van der Waals surface area contributed by atoms with Gasteiger partial charge < -0.3 is 4.52 Å². The second-order valence-electron chi connectivity index (χ2n) is 6.93. The minimum Gasteiger partial charge on any atom is -0.338 e. The molecule has 0 bridgehead atoms. The minimum atomic E-state index is -0.104. The molecule has 9 heteroatoms. The maximum atomic E-state index is 13.4. The largest absolute Gasteiger partial charge is 0.338 e. The van der Waals surface area contributed by atoms with Crippen molar-refractivity contribution < 1.29 is 4.52 Å². The van der Waals surface area contributed by atoms with Gasteiger partial charge in [-0.25, -0.2) is 4.98 Å². The van der Waals surface area contributed by atoms with Crippen LogP contribution >= 0.6 is 34.4 Å². The monoisotopic (exact) mass is 442 g/mol. The third kappa shape index (κ3) is 3.47. The highest BCUT2D eigenvalue weighted by Crippen LogP contribution is 2.40. The van der Waals surface area contributed by atoms with Gasteiger partial charge in [0.1, 0.15) is 4.83 Å². The average molecular weight is 443 g/mol. The number of allylic oxidation sites excluding steroid dienone is 1. The van der Waals surface area contributed by atoms with Crippen molar-refractivity contribution in [1.29, 1.82) is 0 Å². The summed E-state index contributed by atoms with van der Waals surface area (Å²) in [6.45, 7) is 6.20. The van der Waals surface area contributed by atoms with E-state index in [0.29, 0.717) is 28.9 Å². The van der Waals surface area contributed by atoms with Crippen LogP contribution in [-0.2, 0) is 6.54 Å². The fourth-order valence-corrected chi connectivity index (χ4v) is 5.88. The molecule has 0 aromatic carbocycles. The van der Waals surface area contributed by atoms with Crippen LogP contribution in [0.3, 0.4) is 0 Å². The third-order valence-electron chi connectivity index (χ3n) is 4.79. The van der Waals surface area contributed by atoms with Crippen molar-refractivity contribution in [2.75, 3.05) is 0 Å². The van der Waals surface area contributed by atoms with Gasteiger partial charge in [0.25, 0.3) is 5.56 Å². The van der Waals surface area contributed by atoms with Crippen LogP contribution < -0.4 is 5.56 Å². The lowest BCUT2D eigenvalue weighted by molar-refractivity contribution is 0.374. The van der Waals surface area contributed by atoms with Crippen molar-refractivity contribution >= 4 is 44.7 Å². The van der Waals surface area contributed by atoms with Crippen molar-refractivity contribution in [2.45, 2.75) is 42.6 Å². The molecule has 0 saturated heterocycles. The summed E-state index contributed by atoms with van der Waals surface area (Å²) in [7, 11) is 0. The fourth-order valence-electron chi connectivity index (χ4n) is 3.13. The van der Waals surface area contributed by atoms with Gasteiger partial charge in [-0.3, -0.25) is 9.36 Å². The zero-order chi connectivity index (χ0) is 20.0. The average Bonchev–Trinajstić information content (AvgIpc) is 3.14. The molecule has 1 atom stereocenters. The van der Waals surface area contributed by atoms with Gasteiger partial charge in [0.15, 0.2) is 11.0 Å². The first-order chi connectivity index (χ1) is 14.2. The Morgan fingerprint density at radius 3 is 3.00 bits per heavy atom. The molecule has 4 aromatic heterocycles. The molecule has 6 nitrogen and oxygen atoms in total. The van der Waals surface area contributed by atoms with Gasteiger partial charge in [-0.15, -0.1) is 29.3 Å². The van der Waals surface area contributed by atoms with Crippen LogP contribution in [0.5, 0.6) is 0 Å². The predicted octanol–water partition coefficient (Wildman–Crippen LogP) is 5.49. The van der Waals surface area contributed by atoms with E-state index in [1.54, 1.807) is 22.0 Å². The summed E-state index contributed by atoms with van der Waals surface area (Å²) >= 11 is 4.58. The molecule has 4 heterocycles. The highest BCUT2D eigenvalue weighted by Gasteiger charge is 2.30. The van der Waals surface area contributed by atoms with E-state index in [-0.39, 0.29) is 10.8 Å². The van der Waals surface area contributed by atoms with Crippen molar-refractivity contribution in [3.05, 3.63) is 57.6 Å². The highest BCUT2D eigenvalue weighted by molar-refractivity contribution is 7.99. The first-order valence-electron chi connectivity index (χ1n) is 9.32. The molecular formula is C20H18N4O2S3. The Balaban J connectivity index is 1.54. The molecule has 29 heavy (non-hydrogen) atoms. The van der Waals surface area contributed by atoms with E-state index < -0.39 is 0 Å². The fraction of sp³-hybridized carbons (Fsp3) is 0.300. The molecule has 148 valence electrons. The summed E-state index contributed by atoms with van der Waals surface area (Å²) in [5.74, 6) is 1.81. The Labute approximate surface area is 179 Å². The van der Waals surface area contributed by atoms with Crippen LogP contribution in [0.25, 0.3) is 20.7 Å². The molecule has 4 aromatic rings. The molecule has 0 N–H and O–H groups in total. The summed E-state index contributed by atoms with van der Waals surface area (Å²) < 4.78 is 7.14. The number of rotatable bonds is 7. The second kappa shape index (κ2) is 7.55. The Kier molecular flexibility index (Phi) is 4.89. The van der Waals surface area contributed by atoms with E-state index >= 15 is 0 Å². The topological polar surface area (TPSA) is 73.8 Å². The summed E-state index contributed by atoms with van der Waals surface area (Å²) in [4.78, 5) is 24.5. The van der Waals surface area contributed by atoms with Crippen molar-refractivity contribution in [2.24, 2.45) is 0 Å². The van der Waals surface area contributed by atoms with Crippen LogP contribution in [0.15, 0.2) is 50.0 Å². The van der Waals surface area contributed by atoms with Gasteiger partial charge in [-0.05, 0) is 31.2 Å². The molecule has 1 saturated carbocycles. The van der Waals surface area contributed by atoms with Gasteiger partial charge in [-0.2, -0.15) is 4.98 Å². The summed E-state index contributed by atoms with van der Waals surface area (Å²) in [5, 5.41) is 9.33. The smallest absolute Gasteiger partial charge is 0.263 e. The molecule has 0 amide bonds. The Bertz CT molecular complexity index is 1230. The Morgan fingerprint density at radius 2 is 2.28 bits per heavy atom. The standard InChI is InChI=1S/C20H18N4O2S3/c1-3-8-24-19(25)15-13(14-5-4-9-27-14)10-28-18(15)22-20(24)29-11(2)17-21-16(23-26-17)12-6-7-12/h3-5,9-12H,1,6-8H2,2H3. The molecule has 5 rings (SSSR count). The molecule has 0 radical (unpaired) electrons. The number of aromatic nitrogens is 4. The second-order valence-corrected chi connectivity index (χ2v) is 10.0. The first kappa shape index (κ1) is 18.8. The van der Waals surface area contributed by atoms with Crippen molar-refractivity contribution in [3.8, 4) is 10.4 Å². The number of fused-ring (bicyclic) bond motifs is 1. The summed E-state index contributed by atoms with van der Waals surface area (Å²) in [6.07, 6.45) is 3.98. The number of hydrogen-bond donors (Lipinski definition) is 0. The van der Waals surface area contributed by atoms with Crippen LogP contribution in [0, 0.1) is 0 Å². The van der Waals surface area contributed by atoms with E-state index in [4.69, 9.17) is 9.51 Å². The van der Waals surface area contributed by atoms with Crippen LogP contribution in [0.2, 0.25) is 0 Å². The Morgan fingerprint density at radius 1 is 1.41 bits per heavy atom. The summed E-state index contributed by atoms with van der Waals surface area (Å²) in [6, 6.07) is 4.02. The lowest BCUT2D eigenvalue weighted by Crippen LogP contribution is -2.22. The lowest BCUT2D eigenvalue weighted by atomic mass is 10.2. The molecule has 0 spiro atoms. The number of thiophene rings is 2. The SMILES string of the molecule is C=CCn1c(SC(C)c2nc(C3CC3)no2)nc2scc(-c3cccs3)c2c1=O. The van der Waals surface area contributed by atoms with E-state index in [1.807, 2.05) is 29.8 Å². The maximum Gasteiger partial charge on any atom is 0.263 e.